The predicted molar refractivity (Wildman–Crippen MR) is 59.7 cm³/mol. The van der Waals surface area contributed by atoms with E-state index in [2.05, 4.69) is 19.2 Å². The number of nitrogens with zero attached hydrogens (tertiary/aromatic N) is 1. The molecule has 1 aliphatic heterocycles. The molecule has 0 spiro atoms. The van der Waals surface area contributed by atoms with E-state index >= 15 is 0 Å². The standard InChI is InChI=1S/C11H22N2O2/c1-8-5-10(6-9(2)15-8)12-7-11(14)13(3)4/h8-10,12H,5-7H2,1-4H3/t8-,9-/m0/s1. The van der Waals surface area contributed by atoms with Crippen molar-refractivity contribution in [2.45, 2.75) is 44.9 Å². The highest BCUT2D eigenvalue weighted by Gasteiger charge is 2.24. The van der Waals surface area contributed by atoms with Gasteiger partial charge in [-0.1, -0.05) is 0 Å². The van der Waals surface area contributed by atoms with E-state index in [0.29, 0.717) is 24.8 Å². The maximum atomic E-state index is 11.4. The fraction of sp³-hybridized carbons (Fsp3) is 0.909. The molecule has 0 saturated carbocycles. The van der Waals surface area contributed by atoms with E-state index in [0.717, 1.165) is 12.8 Å². The highest BCUT2D eigenvalue weighted by molar-refractivity contribution is 5.77. The zero-order valence-corrected chi connectivity index (χ0v) is 10.1. The molecular formula is C11H22N2O2. The maximum Gasteiger partial charge on any atom is 0.236 e. The second-order valence-electron chi connectivity index (χ2n) is 4.59. The first kappa shape index (κ1) is 12.5. The summed E-state index contributed by atoms with van der Waals surface area (Å²) in [6.07, 6.45) is 2.57. The Balaban J connectivity index is 2.29. The van der Waals surface area contributed by atoms with Crippen LogP contribution in [0.3, 0.4) is 0 Å². The zero-order chi connectivity index (χ0) is 11.4. The summed E-state index contributed by atoms with van der Waals surface area (Å²) in [6.45, 7) is 4.59. The maximum absolute atomic E-state index is 11.4. The number of hydrogen-bond donors (Lipinski definition) is 1. The summed E-state index contributed by atoms with van der Waals surface area (Å²) in [5, 5.41) is 3.29. The molecule has 1 aliphatic rings. The summed E-state index contributed by atoms with van der Waals surface area (Å²) < 4.78 is 5.64. The van der Waals surface area contributed by atoms with Crippen LogP contribution >= 0.6 is 0 Å². The van der Waals surface area contributed by atoms with Gasteiger partial charge in [-0.2, -0.15) is 0 Å². The fourth-order valence-corrected chi connectivity index (χ4v) is 1.96. The average molecular weight is 214 g/mol. The number of likely N-dealkylation sites (N-methyl/N-ethyl adjacent to an activating group) is 1. The van der Waals surface area contributed by atoms with Gasteiger partial charge in [-0.25, -0.2) is 0 Å². The van der Waals surface area contributed by atoms with Gasteiger partial charge in [0.2, 0.25) is 5.91 Å². The minimum Gasteiger partial charge on any atom is -0.375 e. The minimum atomic E-state index is 0.127. The van der Waals surface area contributed by atoms with Crippen LogP contribution in [0.2, 0.25) is 0 Å². The number of nitrogens with one attached hydrogen (secondary N) is 1. The first-order valence-corrected chi connectivity index (χ1v) is 5.58. The van der Waals surface area contributed by atoms with Crippen molar-refractivity contribution in [3.8, 4) is 0 Å². The van der Waals surface area contributed by atoms with Crippen LogP contribution in [0.15, 0.2) is 0 Å². The molecule has 1 N–H and O–H groups in total. The summed E-state index contributed by atoms with van der Waals surface area (Å²) in [5.74, 6) is 0.127. The molecule has 0 aromatic carbocycles. The topological polar surface area (TPSA) is 41.6 Å². The van der Waals surface area contributed by atoms with Crippen LogP contribution in [-0.4, -0.2) is 49.7 Å². The molecule has 1 rings (SSSR count). The van der Waals surface area contributed by atoms with E-state index in [1.807, 2.05) is 0 Å². The zero-order valence-electron chi connectivity index (χ0n) is 10.1. The lowest BCUT2D eigenvalue weighted by Gasteiger charge is -2.32. The highest BCUT2D eigenvalue weighted by atomic mass is 16.5. The third kappa shape index (κ3) is 4.18. The van der Waals surface area contributed by atoms with Crippen molar-refractivity contribution in [2.75, 3.05) is 20.6 Å². The van der Waals surface area contributed by atoms with Crippen molar-refractivity contribution in [3.63, 3.8) is 0 Å². The summed E-state index contributed by atoms with van der Waals surface area (Å²) in [5.41, 5.74) is 0. The lowest BCUT2D eigenvalue weighted by atomic mass is 10.00. The molecule has 0 radical (unpaired) electrons. The average Bonchev–Trinajstić information content (AvgIpc) is 2.12. The predicted octanol–water partition coefficient (Wildman–Crippen LogP) is 0.620. The molecule has 1 heterocycles. The number of carbonyl (C=O) groups excluding carboxylic acids is 1. The van der Waals surface area contributed by atoms with Crippen LogP contribution in [0.1, 0.15) is 26.7 Å². The van der Waals surface area contributed by atoms with Gasteiger partial charge in [-0.3, -0.25) is 4.79 Å². The SMILES string of the molecule is C[C@H]1CC(NCC(=O)N(C)C)C[C@H](C)O1. The Morgan fingerprint density at radius 3 is 2.33 bits per heavy atom. The van der Waals surface area contributed by atoms with E-state index in [1.165, 1.54) is 0 Å². The Morgan fingerprint density at radius 2 is 1.87 bits per heavy atom. The monoisotopic (exact) mass is 214 g/mol. The van der Waals surface area contributed by atoms with Gasteiger partial charge >= 0.3 is 0 Å². The fourth-order valence-electron chi connectivity index (χ4n) is 1.96. The summed E-state index contributed by atoms with van der Waals surface area (Å²) in [6, 6.07) is 0.410. The summed E-state index contributed by atoms with van der Waals surface area (Å²) >= 11 is 0. The van der Waals surface area contributed by atoms with Crippen LogP contribution in [0.5, 0.6) is 0 Å². The second kappa shape index (κ2) is 5.47. The van der Waals surface area contributed by atoms with Crippen molar-refractivity contribution in [1.82, 2.24) is 10.2 Å². The lowest BCUT2D eigenvalue weighted by Crippen LogP contribution is -2.45. The first-order valence-electron chi connectivity index (χ1n) is 5.58. The molecule has 1 saturated heterocycles. The van der Waals surface area contributed by atoms with Crippen LogP contribution < -0.4 is 5.32 Å². The Morgan fingerprint density at radius 1 is 1.33 bits per heavy atom. The molecule has 0 unspecified atom stereocenters. The smallest absolute Gasteiger partial charge is 0.236 e. The summed E-state index contributed by atoms with van der Waals surface area (Å²) in [7, 11) is 3.55. The van der Waals surface area contributed by atoms with Crippen molar-refractivity contribution < 1.29 is 9.53 Å². The molecule has 2 atom stereocenters. The molecule has 0 aliphatic carbocycles. The molecular weight excluding hydrogens is 192 g/mol. The van der Waals surface area contributed by atoms with Crippen LogP contribution in [0.25, 0.3) is 0 Å². The second-order valence-corrected chi connectivity index (χ2v) is 4.59. The molecule has 15 heavy (non-hydrogen) atoms. The van der Waals surface area contributed by atoms with E-state index in [9.17, 15) is 4.79 Å². The van der Waals surface area contributed by atoms with Gasteiger partial charge in [0.15, 0.2) is 0 Å². The number of carbonyl (C=O) groups is 1. The van der Waals surface area contributed by atoms with Crippen molar-refractivity contribution in [1.29, 1.82) is 0 Å². The number of amides is 1. The third-order valence-electron chi connectivity index (χ3n) is 2.74. The van der Waals surface area contributed by atoms with Crippen molar-refractivity contribution in [2.24, 2.45) is 0 Å². The quantitative estimate of drug-likeness (QED) is 0.749. The molecule has 1 fully saturated rings. The Labute approximate surface area is 92.0 Å². The van der Waals surface area contributed by atoms with E-state index in [1.54, 1.807) is 19.0 Å². The normalized spacial score (nSPS) is 31.3. The van der Waals surface area contributed by atoms with Gasteiger partial charge in [0.1, 0.15) is 0 Å². The van der Waals surface area contributed by atoms with Gasteiger partial charge in [0.25, 0.3) is 0 Å². The van der Waals surface area contributed by atoms with Gasteiger partial charge in [-0.05, 0) is 26.7 Å². The largest absolute Gasteiger partial charge is 0.375 e. The molecule has 1 amide bonds. The first-order chi connectivity index (χ1) is 6.99. The van der Waals surface area contributed by atoms with Crippen LogP contribution in [0.4, 0.5) is 0 Å². The van der Waals surface area contributed by atoms with E-state index in [-0.39, 0.29) is 5.91 Å². The highest BCUT2D eigenvalue weighted by Crippen LogP contribution is 2.18. The lowest BCUT2D eigenvalue weighted by molar-refractivity contribution is -0.128. The Kier molecular flexibility index (Phi) is 4.54. The van der Waals surface area contributed by atoms with Gasteiger partial charge in [0, 0.05) is 20.1 Å². The van der Waals surface area contributed by atoms with Crippen LogP contribution in [0, 0.1) is 0 Å². The van der Waals surface area contributed by atoms with E-state index < -0.39 is 0 Å². The number of rotatable bonds is 3. The minimum absolute atomic E-state index is 0.127. The molecule has 0 aromatic rings. The summed E-state index contributed by atoms with van der Waals surface area (Å²) in [4.78, 5) is 13.0. The van der Waals surface area contributed by atoms with Gasteiger partial charge in [0.05, 0.1) is 18.8 Å². The molecule has 0 bridgehead atoms. The Bertz CT molecular complexity index is 209. The third-order valence-corrected chi connectivity index (χ3v) is 2.74. The van der Waals surface area contributed by atoms with Crippen molar-refractivity contribution in [3.05, 3.63) is 0 Å². The number of hydrogen-bond acceptors (Lipinski definition) is 3. The molecule has 0 aromatic heterocycles. The van der Waals surface area contributed by atoms with E-state index in [4.69, 9.17) is 4.74 Å². The number of ether oxygens (including phenoxy) is 1. The molecule has 4 heteroatoms. The van der Waals surface area contributed by atoms with Gasteiger partial charge < -0.3 is 15.0 Å². The molecule has 88 valence electrons. The van der Waals surface area contributed by atoms with Crippen LogP contribution in [-0.2, 0) is 9.53 Å². The molecule has 4 nitrogen and oxygen atoms in total. The van der Waals surface area contributed by atoms with Crippen molar-refractivity contribution >= 4 is 5.91 Å². The van der Waals surface area contributed by atoms with Gasteiger partial charge in [-0.15, -0.1) is 0 Å². The Hall–Kier alpha value is -0.610.